The molecule has 28 heavy (non-hydrogen) atoms. The van der Waals surface area contributed by atoms with E-state index in [-0.39, 0.29) is 18.7 Å². The lowest BCUT2D eigenvalue weighted by molar-refractivity contribution is 0.0175. The smallest absolute Gasteiger partial charge is 0.270 e. The standard InChI is InChI=1S/C20H21F2N5O/c1-20(21,22)15-5-7-16(8-6-15)23-18-9-4-14(13-2-3-13)12-17(18)19-24-26-27(25-19)10-11-28/h4-9,12-13,23,28H,2-3,10-11H2,1H3. The molecule has 2 aromatic carbocycles. The van der Waals surface area contributed by atoms with Crippen molar-refractivity contribution in [3.8, 4) is 11.4 Å². The molecule has 0 unspecified atom stereocenters. The second-order valence-corrected chi connectivity index (χ2v) is 7.10. The summed E-state index contributed by atoms with van der Waals surface area (Å²) in [7, 11) is 0. The van der Waals surface area contributed by atoms with Gasteiger partial charge < -0.3 is 10.4 Å². The van der Waals surface area contributed by atoms with Crippen LogP contribution >= 0.6 is 0 Å². The minimum atomic E-state index is -2.87. The number of rotatable bonds is 7. The normalized spacial score (nSPS) is 14.3. The lowest BCUT2D eigenvalue weighted by atomic mass is 10.0. The molecule has 1 aliphatic rings. The van der Waals surface area contributed by atoms with Crippen LogP contribution in [-0.4, -0.2) is 31.9 Å². The molecule has 0 spiro atoms. The van der Waals surface area contributed by atoms with Crippen LogP contribution in [0.4, 0.5) is 20.2 Å². The second-order valence-electron chi connectivity index (χ2n) is 7.10. The fourth-order valence-corrected chi connectivity index (χ4v) is 3.06. The van der Waals surface area contributed by atoms with Gasteiger partial charge in [0.1, 0.15) is 0 Å². The summed E-state index contributed by atoms with van der Waals surface area (Å²) < 4.78 is 26.9. The topological polar surface area (TPSA) is 75.9 Å². The van der Waals surface area contributed by atoms with Gasteiger partial charge in [-0.1, -0.05) is 18.2 Å². The van der Waals surface area contributed by atoms with E-state index in [1.54, 1.807) is 12.1 Å². The Bertz CT molecular complexity index is 961. The molecule has 1 aromatic heterocycles. The molecular formula is C20H21F2N5O. The molecule has 146 valence electrons. The molecule has 0 radical (unpaired) electrons. The van der Waals surface area contributed by atoms with Gasteiger partial charge in [-0.2, -0.15) is 4.80 Å². The van der Waals surface area contributed by atoms with Gasteiger partial charge in [0.15, 0.2) is 0 Å². The van der Waals surface area contributed by atoms with Gasteiger partial charge in [-0.3, -0.25) is 0 Å². The summed E-state index contributed by atoms with van der Waals surface area (Å²) in [4.78, 5) is 1.35. The summed E-state index contributed by atoms with van der Waals surface area (Å²) in [5.74, 6) is -1.86. The van der Waals surface area contributed by atoms with Gasteiger partial charge >= 0.3 is 0 Å². The maximum absolute atomic E-state index is 13.4. The summed E-state index contributed by atoms with van der Waals surface area (Å²) in [6.07, 6.45) is 2.34. The third-order valence-electron chi connectivity index (χ3n) is 4.76. The largest absolute Gasteiger partial charge is 0.394 e. The van der Waals surface area contributed by atoms with Gasteiger partial charge in [-0.15, -0.1) is 10.2 Å². The van der Waals surface area contributed by atoms with Gasteiger partial charge in [-0.25, -0.2) is 8.78 Å². The Kier molecular flexibility index (Phi) is 4.80. The predicted molar refractivity (Wildman–Crippen MR) is 102 cm³/mol. The van der Waals surface area contributed by atoms with Crippen molar-refractivity contribution in [2.24, 2.45) is 0 Å². The summed E-state index contributed by atoms with van der Waals surface area (Å²) in [5, 5.41) is 24.7. The van der Waals surface area contributed by atoms with E-state index in [0.717, 1.165) is 18.2 Å². The number of anilines is 2. The van der Waals surface area contributed by atoms with E-state index < -0.39 is 5.92 Å². The van der Waals surface area contributed by atoms with Crippen molar-refractivity contribution in [2.45, 2.75) is 38.2 Å². The van der Waals surface area contributed by atoms with E-state index >= 15 is 0 Å². The Hall–Kier alpha value is -2.87. The minimum absolute atomic E-state index is 0.0315. The van der Waals surface area contributed by atoms with Crippen molar-refractivity contribution in [1.29, 1.82) is 0 Å². The number of nitrogens with zero attached hydrogens (tertiary/aromatic N) is 4. The van der Waals surface area contributed by atoms with Crippen molar-refractivity contribution in [3.05, 3.63) is 53.6 Å². The Labute approximate surface area is 161 Å². The fraction of sp³-hybridized carbons (Fsp3) is 0.350. The number of alkyl halides is 2. The summed E-state index contributed by atoms with van der Waals surface area (Å²) in [5.41, 5.74) is 3.44. The predicted octanol–water partition coefficient (Wildman–Crippen LogP) is 4.07. The number of aromatic nitrogens is 4. The number of halogens is 2. The summed E-state index contributed by atoms with van der Waals surface area (Å²) in [6, 6.07) is 12.2. The van der Waals surface area contributed by atoms with Crippen LogP contribution in [0.25, 0.3) is 11.4 Å². The molecule has 2 N–H and O–H groups in total. The number of aliphatic hydroxyl groups is 1. The molecule has 0 saturated heterocycles. The molecule has 8 heteroatoms. The third kappa shape index (κ3) is 4.01. The first kappa shape index (κ1) is 18.5. The van der Waals surface area contributed by atoms with Crippen molar-refractivity contribution >= 4 is 11.4 Å². The van der Waals surface area contributed by atoms with Crippen LogP contribution in [0.1, 0.15) is 36.8 Å². The molecule has 0 atom stereocenters. The summed E-state index contributed by atoms with van der Waals surface area (Å²) in [6.45, 7) is 1.08. The minimum Gasteiger partial charge on any atom is -0.394 e. The Balaban J connectivity index is 1.65. The average Bonchev–Trinajstić information content (AvgIpc) is 3.41. The molecule has 1 aliphatic carbocycles. The van der Waals surface area contributed by atoms with E-state index in [1.807, 2.05) is 6.07 Å². The quantitative estimate of drug-likeness (QED) is 0.641. The highest BCUT2D eigenvalue weighted by Gasteiger charge is 2.26. The fourth-order valence-electron chi connectivity index (χ4n) is 3.06. The van der Waals surface area contributed by atoms with Crippen LogP contribution in [0.5, 0.6) is 0 Å². The molecular weight excluding hydrogens is 364 g/mol. The van der Waals surface area contributed by atoms with E-state index in [1.165, 1.54) is 35.3 Å². The highest BCUT2D eigenvalue weighted by molar-refractivity contribution is 5.78. The molecule has 4 rings (SSSR count). The molecule has 1 heterocycles. The number of hydrogen-bond acceptors (Lipinski definition) is 5. The first-order valence-corrected chi connectivity index (χ1v) is 9.22. The Morgan fingerprint density at radius 1 is 1.18 bits per heavy atom. The van der Waals surface area contributed by atoms with Crippen molar-refractivity contribution in [2.75, 3.05) is 11.9 Å². The Morgan fingerprint density at radius 3 is 2.57 bits per heavy atom. The zero-order chi connectivity index (χ0) is 19.7. The first-order valence-electron chi connectivity index (χ1n) is 9.22. The molecule has 6 nitrogen and oxygen atoms in total. The van der Waals surface area contributed by atoms with E-state index in [0.29, 0.717) is 17.4 Å². The maximum atomic E-state index is 13.4. The average molecular weight is 385 g/mol. The number of aliphatic hydroxyl groups excluding tert-OH is 1. The third-order valence-corrected chi connectivity index (χ3v) is 4.76. The van der Waals surface area contributed by atoms with Crippen LogP contribution in [0.2, 0.25) is 0 Å². The van der Waals surface area contributed by atoms with E-state index in [2.05, 4.69) is 32.9 Å². The second kappa shape index (κ2) is 7.27. The monoisotopic (exact) mass is 385 g/mol. The van der Waals surface area contributed by atoms with Gasteiger partial charge in [0, 0.05) is 29.4 Å². The zero-order valence-electron chi connectivity index (χ0n) is 15.4. The van der Waals surface area contributed by atoms with Gasteiger partial charge in [-0.05, 0) is 53.8 Å². The Morgan fingerprint density at radius 2 is 1.93 bits per heavy atom. The number of tetrazole rings is 1. The maximum Gasteiger partial charge on any atom is 0.270 e. The van der Waals surface area contributed by atoms with Gasteiger partial charge in [0.05, 0.1) is 13.2 Å². The van der Waals surface area contributed by atoms with Gasteiger partial charge in [0.25, 0.3) is 5.92 Å². The molecule has 3 aromatic rings. The highest BCUT2D eigenvalue weighted by atomic mass is 19.3. The summed E-state index contributed by atoms with van der Waals surface area (Å²) >= 11 is 0. The molecule has 0 bridgehead atoms. The van der Waals surface area contributed by atoms with Crippen LogP contribution < -0.4 is 5.32 Å². The van der Waals surface area contributed by atoms with Gasteiger partial charge in [0.2, 0.25) is 5.82 Å². The van der Waals surface area contributed by atoms with Crippen LogP contribution in [0.15, 0.2) is 42.5 Å². The number of nitrogens with one attached hydrogen (secondary N) is 1. The van der Waals surface area contributed by atoms with Crippen LogP contribution in [0.3, 0.4) is 0 Å². The SMILES string of the molecule is CC(F)(F)c1ccc(Nc2ccc(C3CC3)cc2-c2nnn(CCO)n2)cc1. The van der Waals surface area contributed by atoms with E-state index in [9.17, 15) is 8.78 Å². The highest BCUT2D eigenvalue weighted by Crippen LogP contribution is 2.42. The first-order chi connectivity index (χ1) is 13.4. The molecule has 1 saturated carbocycles. The lowest BCUT2D eigenvalue weighted by Crippen LogP contribution is -2.06. The lowest BCUT2D eigenvalue weighted by Gasteiger charge is -2.14. The molecule has 0 aliphatic heterocycles. The van der Waals surface area contributed by atoms with Crippen molar-refractivity contribution < 1.29 is 13.9 Å². The molecule has 0 amide bonds. The molecule has 1 fully saturated rings. The van der Waals surface area contributed by atoms with E-state index in [4.69, 9.17) is 5.11 Å². The zero-order valence-corrected chi connectivity index (χ0v) is 15.4. The number of hydrogen-bond donors (Lipinski definition) is 2. The van der Waals surface area contributed by atoms with Crippen molar-refractivity contribution in [3.63, 3.8) is 0 Å². The van der Waals surface area contributed by atoms with Crippen LogP contribution in [0, 0.1) is 0 Å². The number of benzene rings is 2. The van der Waals surface area contributed by atoms with Crippen molar-refractivity contribution in [1.82, 2.24) is 20.2 Å². The van der Waals surface area contributed by atoms with Crippen LogP contribution in [-0.2, 0) is 12.5 Å².